The van der Waals surface area contributed by atoms with Crippen LogP contribution in [0.5, 0.6) is 5.75 Å². The van der Waals surface area contributed by atoms with Crippen LogP contribution >= 0.6 is 0 Å². The fraction of sp³-hybridized carbons (Fsp3) is 0.300. The Morgan fingerprint density at radius 1 is 1.53 bits per heavy atom. The van der Waals surface area contributed by atoms with Crippen molar-refractivity contribution in [1.29, 1.82) is 0 Å². The summed E-state index contributed by atoms with van der Waals surface area (Å²) in [4.78, 5) is 11.0. The van der Waals surface area contributed by atoms with E-state index in [1.54, 1.807) is 19.1 Å². The molecular formula is C10H11F2NO2. The number of aryl methyl sites for hydroxylation is 1. The highest BCUT2D eigenvalue weighted by Gasteiger charge is 2.16. The molecule has 15 heavy (non-hydrogen) atoms. The second-order valence-corrected chi connectivity index (χ2v) is 2.89. The largest absolute Gasteiger partial charge is 0.434 e. The molecule has 0 radical (unpaired) electrons. The van der Waals surface area contributed by atoms with Gasteiger partial charge in [-0.1, -0.05) is 19.1 Å². The van der Waals surface area contributed by atoms with Crippen molar-refractivity contribution < 1.29 is 18.3 Å². The first kappa shape index (κ1) is 11.4. The van der Waals surface area contributed by atoms with Gasteiger partial charge in [0.25, 0.3) is 5.91 Å². The summed E-state index contributed by atoms with van der Waals surface area (Å²) >= 11 is 0. The lowest BCUT2D eigenvalue weighted by Gasteiger charge is -2.12. The smallest absolute Gasteiger partial charge is 0.387 e. The molecule has 0 fully saturated rings. The highest BCUT2D eigenvalue weighted by atomic mass is 19.3. The molecule has 0 saturated carbocycles. The summed E-state index contributed by atoms with van der Waals surface area (Å²) < 4.78 is 28.5. The van der Waals surface area contributed by atoms with Crippen LogP contribution < -0.4 is 10.5 Å². The summed E-state index contributed by atoms with van der Waals surface area (Å²) in [7, 11) is 0. The monoisotopic (exact) mass is 215 g/mol. The zero-order valence-corrected chi connectivity index (χ0v) is 8.17. The van der Waals surface area contributed by atoms with Gasteiger partial charge in [0.2, 0.25) is 0 Å². The van der Waals surface area contributed by atoms with Crippen LogP contribution in [0.15, 0.2) is 18.2 Å². The average Bonchev–Trinajstić information content (AvgIpc) is 2.16. The Morgan fingerprint density at radius 2 is 2.20 bits per heavy atom. The number of rotatable bonds is 4. The highest BCUT2D eigenvalue weighted by Crippen LogP contribution is 2.25. The molecule has 0 bridgehead atoms. The molecule has 3 nitrogen and oxygen atoms in total. The van der Waals surface area contributed by atoms with Crippen LogP contribution in [-0.4, -0.2) is 12.5 Å². The number of benzene rings is 1. The van der Waals surface area contributed by atoms with Gasteiger partial charge in [0, 0.05) is 0 Å². The van der Waals surface area contributed by atoms with Crippen molar-refractivity contribution >= 4 is 5.91 Å². The van der Waals surface area contributed by atoms with Gasteiger partial charge in [0.05, 0.1) is 5.56 Å². The number of carbonyl (C=O) groups is 1. The number of halogens is 2. The van der Waals surface area contributed by atoms with Crippen LogP contribution in [0.3, 0.4) is 0 Å². The Labute approximate surface area is 85.8 Å². The minimum absolute atomic E-state index is 0.0188. The summed E-state index contributed by atoms with van der Waals surface area (Å²) in [5.41, 5.74) is 5.57. The Hall–Kier alpha value is -1.65. The molecule has 0 aromatic heterocycles. The number of hydrogen-bond donors (Lipinski definition) is 1. The van der Waals surface area contributed by atoms with Crippen LogP contribution in [-0.2, 0) is 6.42 Å². The third-order valence-corrected chi connectivity index (χ3v) is 1.95. The lowest BCUT2D eigenvalue weighted by molar-refractivity contribution is -0.0507. The number of amides is 1. The van der Waals surface area contributed by atoms with Gasteiger partial charge in [-0.3, -0.25) is 4.79 Å². The Morgan fingerprint density at radius 3 is 2.67 bits per heavy atom. The van der Waals surface area contributed by atoms with Crippen molar-refractivity contribution in [3.05, 3.63) is 29.3 Å². The molecule has 82 valence electrons. The Bertz CT molecular complexity index is 366. The van der Waals surface area contributed by atoms with E-state index in [-0.39, 0.29) is 11.3 Å². The molecule has 0 saturated heterocycles. The van der Waals surface area contributed by atoms with E-state index in [4.69, 9.17) is 5.73 Å². The first-order valence-electron chi connectivity index (χ1n) is 4.42. The van der Waals surface area contributed by atoms with E-state index in [1.807, 2.05) is 0 Å². The number of hydrogen-bond acceptors (Lipinski definition) is 2. The van der Waals surface area contributed by atoms with E-state index in [9.17, 15) is 13.6 Å². The van der Waals surface area contributed by atoms with E-state index < -0.39 is 12.5 Å². The predicted molar refractivity (Wildman–Crippen MR) is 51.0 cm³/mol. The second kappa shape index (κ2) is 4.72. The van der Waals surface area contributed by atoms with E-state index in [2.05, 4.69) is 4.74 Å². The molecule has 0 aliphatic rings. The fourth-order valence-electron chi connectivity index (χ4n) is 1.29. The standard InChI is InChI=1S/C10H11F2NO2/c1-2-6-4-3-5-7(9(13)14)8(6)15-10(11)12/h3-5,10H,2H2,1H3,(H2,13,14). The van der Waals surface area contributed by atoms with Gasteiger partial charge in [-0.15, -0.1) is 0 Å². The quantitative estimate of drug-likeness (QED) is 0.834. The second-order valence-electron chi connectivity index (χ2n) is 2.89. The molecule has 0 aliphatic heterocycles. The summed E-state index contributed by atoms with van der Waals surface area (Å²) in [5.74, 6) is -0.900. The number of carbonyl (C=O) groups excluding carboxylic acids is 1. The fourth-order valence-corrected chi connectivity index (χ4v) is 1.29. The van der Waals surface area contributed by atoms with Crippen LogP contribution in [0, 0.1) is 0 Å². The minimum atomic E-state index is -2.96. The number of ether oxygens (including phenoxy) is 1. The van der Waals surface area contributed by atoms with Gasteiger partial charge in [-0.05, 0) is 18.1 Å². The van der Waals surface area contributed by atoms with Crippen LogP contribution in [0.4, 0.5) is 8.78 Å². The molecule has 1 rings (SSSR count). The van der Waals surface area contributed by atoms with Gasteiger partial charge >= 0.3 is 6.61 Å². The summed E-state index contributed by atoms with van der Waals surface area (Å²) in [6.07, 6.45) is 0.489. The first-order valence-corrected chi connectivity index (χ1v) is 4.42. The molecule has 5 heteroatoms. The van der Waals surface area contributed by atoms with Crippen molar-refractivity contribution in [2.75, 3.05) is 0 Å². The average molecular weight is 215 g/mol. The number of alkyl halides is 2. The van der Waals surface area contributed by atoms with E-state index in [1.165, 1.54) is 6.07 Å². The van der Waals surface area contributed by atoms with Crippen molar-refractivity contribution in [2.45, 2.75) is 20.0 Å². The van der Waals surface area contributed by atoms with E-state index in [0.29, 0.717) is 12.0 Å². The Kier molecular flexibility index (Phi) is 3.60. The van der Waals surface area contributed by atoms with Crippen LogP contribution in [0.2, 0.25) is 0 Å². The molecule has 0 spiro atoms. The zero-order valence-electron chi connectivity index (χ0n) is 8.17. The summed E-state index contributed by atoms with van der Waals surface area (Å²) in [5, 5.41) is 0. The maximum Gasteiger partial charge on any atom is 0.387 e. The number of nitrogens with two attached hydrogens (primary N) is 1. The maximum absolute atomic E-state index is 12.1. The summed E-state index contributed by atoms with van der Waals surface area (Å²) in [6.45, 7) is -1.19. The van der Waals surface area contributed by atoms with Gasteiger partial charge in [0.15, 0.2) is 0 Å². The lowest BCUT2D eigenvalue weighted by Crippen LogP contribution is -2.15. The molecule has 0 atom stereocenters. The van der Waals surface area contributed by atoms with E-state index in [0.717, 1.165) is 0 Å². The molecule has 0 aliphatic carbocycles. The van der Waals surface area contributed by atoms with Crippen LogP contribution in [0.1, 0.15) is 22.8 Å². The Balaban J connectivity index is 3.20. The molecule has 0 heterocycles. The molecule has 0 unspecified atom stereocenters. The number of para-hydroxylation sites is 1. The van der Waals surface area contributed by atoms with Crippen molar-refractivity contribution in [1.82, 2.24) is 0 Å². The topological polar surface area (TPSA) is 52.3 Å². The zero-order chi connectivity index (χ0) is 11.4. The van der Waals surface area contributed by atoms with Crippen molar-refractivity contribution in [3.8, 4) is 5.75 Å². The first-order chi connectivity index (χ1) is 7.06. The molecule has 2 N–H and O–H groups in total. The molecule has 1 aromatic carbocycles. The molecular weight excluding hydrogens is 204 g/mol. The SMILES string of the molecule is CCc1cccc(C(N)=O)c1OC(F)F. The third-order valence-electron chi connectivity index (χ3n) is 1.95. The van der Waals surface area contributed by atoms with Gasteiger partial charge in [-0.25, -0.2) is 0 Å². The minimum Gasteiger partial charge on any atom is -0.434 e. The highest BCUT2D eigenvalue weighted by molar-refractivity contribution is 5.96. The van der Waals surface area contributed by atoms with Crippen LogP contribution in [0.25, 0.3) is 0 Å². The van der Waals surface area contributed by atoms with Gasteiger partial charge in [-0.2, -0.15) is 8.78 Å². The summed E-state index contributed by atoms with van der Waals surface area (Å²) in [6, 6.07) is 4.56. The molecule has 1 aromatic rings. The van der Waals surface area contributed by atoms with E-state index >= 15 is 0 Å². The van der Waals surface area contributed by atoms with Gasteiger partial charge < -0.3 is 10.5 Å². The third kappa shape index (κ3) is 2.65. The lowest BCUT2D eigenvalue weighted by atomic mass is 10.1. The van der Waals surface area contributed by atoms with Crippen molar-refractivity contribution in [3.63, 3.8) is 0 Å². The number of primary amides is 1. The predicted octanol–water partition coefficient (Wildman–Crippen LogP) is 1.95. The van der Waals surface area contributed by atoms with Crippen molar-refractivity contribution in [2.24, 2.45) is 5.73 Å². The maximum atomic E-state index is 12.1. The normalized spacial score (nSPS) is 10.4. The molecule has 1 amide bonds. The van der Waals surface area contributed by atoms with Gasteiger partial charge in [0.1, 0.15) is 5.75 Å².